The highest BCUT2D eigenvalue weighted by atomic mass is 35.5. The minimum atomic E-state index is -0.906. The van der Waals surface area contributed by atoms with Gasteiger partial charge in [-0.3, -0.25) is 4.79 Å². The molecular formula is C27H34Cl2N2O3S. The maximum Gasteiger partial charge on any atom is 0.322 e. The third kappa shape index (κ3) is 7.55. The molecule has 0 heterocycles. The zero-order chi connectivity index (χ0) is 25.6. The van der Waals surface area contributed by atoms with E-state index in [-0.39, 0.29) is 12.1 Å². The summed E-state index contributed by atoms with van der Waals surface area (Å²) in [7, 11) is 0. The number of rotatable bonds is 11. The fourth-order valence-electron chi connectivity index (χ4n) is 4.30. The molecule has 0 aliphatic heterocycles. The Hall–Kier alpha value is -1.89. The number of nitrogens with one attached hydrogen (secondary N) is 1. The van der Waals surface area contributed by atoms with Gasteiger partial charge in [0.05, 0.1) is 10.0 Å². The summed E-state index contributed by atoms with van der Waals surface area (Å²) in [6.07, 6.45) is 7.14. The highest BCUT2D eigenvalue weighted by Gasteiger charge is 2.32. The molecule has 2 amide bonds. The van der Waals surface area contributed by atoms with E-state index in [0.717, 1.165) is 30.6 Å². The van der Waals surface area contributed by atoms with E-state index in [1.165, 1.54) is 42.2 Å². The third-order valence-electron chi connectivity index (χ3n) is 6.35. The normalized spacial score (nSPS) is 15.1. The first-order chi connectivity index (χ1) is 16.6. The Morgan fingerprint density at radius 3 is 2.43 bits per heavy atom. The summed E-state index contributed by atoms with van der Waals surface area (Å²) in [5.74, 6) is -0.839. The maximum absolute atomic E-state index is 13.4. The van der Waals surface area contributed by atoms with Crippen LogP contribution in [-0.2, 0) is 17.6 Å². The van der Waals surface area contributed by atoms with E-state index in [1.807, 2.05) is 11.0 Å². The van der Waals surface area contributed by atoms with Gasteiger partial charge < -0.3 is 15.3 Å². The van der Waals surface area contributed by atoms with E-state index in [2.05, 4.69) is 24.4 Å². The zero-order valence-electron chi connectivity index (χ0n) is 20.6. The van der Waals surface area contributed by atoms with Crippen LogP contribution in [-0.4, -0.2) is 39.3 Å². The van der Waals surface area contributed by atoms with Crippen molar-refractivity contribution in [2.45, 2.75) is 81.4 Å². The van der Waals surface area contributed by atoms with E-state index in [4.69, 9.17) is 23.2 Å². The Bertz CT molecular complexity index is 1060. The van der Waals surface area contributed by atoms with Crippen LogP contribution in [0.4, 0.5) is 10.5 Å². The number of carbonyl (C=O) groups excluding carboxylic acids is 1. The summed E-state index contributed by atoms with van der Waals surface area (Å²) >= 11 is 13.5. The topological polar surface area (TPSA) is 69.6 Å². The molecule has 2 aromatic rings. The van der Waals surface area contributed by atoms with Crippen molar-refractivity contribution in [1.29, 1.82) is 0 Å². The number of halogens is 2. The van der Waals surface area contributed by atoms with Crippen LogP contribution in [0.2, 0.25) is 10.0 Å². The van der Waals surface area contributed by atoms with Crippen molar-refractivity contribution in [1.82, 2.24) is 4.90 Å². The quantitative estimate of drug-likeness (QED) is 0.226. The molecule has 1 aliphatic rings. The number of anilines is 1. The van der Waals surface area contributed by atoms with Gasteiger partial charge in [-0.2, -0.15) is 0 Å². The van der Waals surface area contributed by atoms with Crippen LogP contribution in [0.25, 0.3) is 0 Å². The summed E-state index contributed by atoms with van der Waals surface area (Å²) in [6.45, 7) is 6.30. The molecule has 1 unspecified atom stereocenters. The average Bonchev–Trinajstić information content (AvgIpc) is 3.21. The lowest BCUT2D eigenvalue weighted by atomic mass is 10.1. The summed E-state index contributed by atoms with van der Waals surface area (Å²) in [4.78, 5) is 27.8. The van der Waals surface area contributed by atoms with Crippen LogP contribution in [0, 0.1) is 0 Å². The molecule has 0 radical (unpaired) electrons. The Kier molecular flexibility index (Phi) is 9.79. The van der Waals surface area contributed by atoms with E-state index >= 15 is 0 Å². The number of carboxylic acids is 1. The first kappa shape index (κ1) is 27.7. The molecule has 0 fully saturated rings. The van der Waals surface area contributed by atoms with Crippen molar-refractivity contribution < 1.29 is 14.7 Å². The van der Waals surface area contributed by atoms with E-state index < -0.39 is 10.7 Å². The molecule has 2 N–H and O–H groups in total. The van der Waals surface area contributed by atoms with Crippen LogP contribution in [0.5, 0.6) is 0 Å². The van der Waals surface area contributed by atoms with Gasteiger partial charge in [0.2, 0.25) is 0 Å². The zero-order valence-corrected chi connectivity index (χ0v) is 22.9. The van der Waals surface area contributed by atoms with Crippen LogP contribution in [0.15, 0.2) is 41.3 Å². The number of aliphatic carboxylic acids is 1. The second-order valence-electron chi connectivity index (χ2n) is 9.58. The summed E-state index contributed by atoms with van der Waals surface area (Å²) < 4.78 is -0.906. The number of carbonyl (C=O) groups is 2. The van der Waals surface area contributed by atoms with Gasteiger partial charge in [0, 0.05) is 23.2 Å². The number of nitrogens with zero attached hydrogens (tertiary/aromatic N) is 1. The molecule has 190 valence electrons. The van der Waals surface area contributed by atoms with Crippen LogP contribution < -0.4 is 5.32 Å². The lowest BCUT2D eigenvalue weighted by molar-refractivity contribution is -0.138. The molecule has 0 spiro atoms. The monoisotopic (exact) mass is 536 g/mol. The predicted octanol–water partition coefficient (Wildman–Crippen LogP) is 7.92. The van der Waals surface area contributed by atoms with Crippen LogP contribution in [0.3, 0.4) is 0 Å². The van der Waals surface area contributed by atoms with Gasteiger partial charge in [0.25, 0.3) is 0 Å². The third-order valence-corrected chi connectivity index (χ3v) is 8.27. The van der Waals surface area contributed by atoms with E-state index in [9.17, 15) is 14.7 Å². The molecule has 1 aliphatic carbocycles. The number of hydrogen-bond donors (Lipinski definition) is 2. The molecule has 0 saturated heterocycles. The fourth-order valence-corrected chi connectivity index (χ4v) is 5.61. The molecule has 1 atom stereocenters. The number of carboxylic acid groups (broad SMARTS) is 1. The Labute approximate surface area is 222 Å². The summed E-state index contributed by atoms with van der Waals surface area (Å²) in [5, 5.41) is 13.3. The Morgan fingerprint density at radius 2 is 1.74 bits per heavy atom. The van der Waals surface area contributed by atoms with Crippen molar-refractivity contribution in [3.05, 3.63) is 57.6 Å². The van der Waals surface area contributed by atoms with Gasteiger partial charge in [-0.1, -0.05) is 61.9 Å². The van der Waals surface area contributed by atoms with E-state index in [0.29, 0.717) is 22.3 Å². The van der Waals surface area contributed by atoms with Crippen molar-refractivity contribution in [2.75, 3.05) is 11.9 Å². The number of hydrogen-bond acceptors (Lipinski definition) is 3. The SMILES string of the molecule is CCCCCCCN(C(=O)Nc1ccc(Cl)c(Cl)c1)C1Cc2ccc(SC(C)(C)C(=O)O)cc2C1. The second kappa shape index (κ2) is 12.4. The lowest BCUT2D eigenvalue weighted by Gasteiger charge is -2.29. The van der Waals surface area contributed by atoms with Gasteiger partial charge in [0.15, 0.2) is 0 Å². The van der Waals surface area contributed by atoms with Gasteiger partial charge in [-0.05, 0) is 74.6 Å². The molecule has 0 bridgehead atoms. The molecule has 5 nitrogen and oxygen atoms in total. The highest BCUT2D eigenvalue weighted by Crippen LogP contribution is 2.36. The van der Waals surface area contributed by atoms with Crippen molar-refractivity contribution in [2.24, 2.45) is 0 Å². The van der Waals surface area contributed by atoms with Crippen molar-refractivity contribution in [3.63, 3.8) is 0 Å². The molecular weight excluding hydrogens is 503 g/mol. The Morgan fingerprint density at radius 1 is 1.03 bits per heavy atom. The standard InChI is InChI=1S/C27H34Cl2N2O3S/c1-4-5-6-7-8-13-31(26(34)30-20-10-12-23(28)24(29)17-20)21-14-18-9-11-22(16-19(18)15-21)35-27(2,3)25(32)33/h9-12,16-17,21H,4-8,13-15H2,1-3H3,(H,30,34)(H,32,33). The minimum Gasteiger partial charge on any atom is -0.480 e. The van der Waals surface area contributed by atoms with Crippen LogP contribution in [0.1, 0.15) is 64.0 Å². The minimum absolute atomic E-state index is 0.0479. The van der Waals surface area contributed by atoms with E-state index in [1.54, 1.807) is 32.0 Å². The number of unbranched alkanes of at least 4 members (excludes halogenated alkanes) is 4. The summed E-state index contributed by atoms with van der Waals surface area (Å²) in [5.41, 5.74) is 3.01. The van der Waals surface area contributed by atoms with Gasteiger partial charge in [0.1, 0.15) is 4.75 Å². The number of urea groups is 1. The average molecular weight is 538 g/mol. The number of thioether (sulfide) groups is 1. The highest BCUT2D eigenvalue weighted by molar-refractivity contribution is 8.01. The first-order valence-electron chi connectivity index (χ1n) is 12.2. The van der Waals surface area contributed by atoms with Crippen LogP contribution >= 0.6 is 35.0 Å². The van der Waals surface area contributed by atoms with Gasteiger partial charge in [-0.25, -0.2) is 4.79 Å². The van der Waals surface area contributed by atoms with Crippen molar-refractivity contribution in [3.8, 4) is 0 Å². The number of fused-ring (bicyclic) bond motifs is 1. The number of benzene rings is 2. The maximum atomic E-state index is 13.4. The van der Waals surface area contributed by atoms with Crippen molar-refractivity contribution >= 4 is 52.7 Å². The van der Waals surface area contributed by atoms with Gasteiger partial charge >= 0.3 is 12.0 Å². The lowest BCUT2D eigenvalue weighted by Crippen LogP contribution is -2.44. The molecule has 3 rings (SSSR count). The smallest absolute Gasteiger partial charge is 0.322 e. The molecule has 8 heteroatoms. The molecule has 0 aromatic heterocycles. The fraction of sp³-hybridized carbons (Fsp3) is 0.481. The molecule has 35 heavy (non-hydrogen) atoms. The summed E-state index contributed by atoms with van der Waals surface area (Å²) in [6, 6.07) is 11.2. The molecule has 0 saturated carbocycles. The number of amides is 2. The van der Waals surface area contributed by atoms with Gasteiger partial charge in [-0.15, -0.1) is 11.8 Å². The first-order valence-corrected chi connectivity index (χ1v) is 13.7. The Balaban J connectivity index is 1.73. The predicted molar refractivity (Wildman–Crippen MR) is 146 cm³/mol. The molecule has 2 aromatic carbocycles. The largest absolute Gasteiger partial charge is 0.480 e. The second-order valence-corrected chi connectivity index (χ2v) is 12.1.